The van der Waals surface area contributed by atoms with Gasteiger partial charge >= 0.3 is 0 Å². The van der Waals surface area contributed by atoms with E-state index in [9.17, 15) is 4.39 Å². The van der Waals surface area contributed by atoms with E-state index in [1.165, 1.54) is 12.1 Å². The Balaban J connectivity index is 2.31. The highest BCUT2D eigenvalue weighted by Crippen LogP contribution is 2.21. The molecule has 0 aliphatic heterocycles. The lowest BCUT2D eigenvalue weighted by molar-refractivity contribution is 0.626. The molecule has 0 radical (unpaired) electrons. The minimum absolute atomic E-state index is 0.199. The fourth-order valence-electron chi connectivity index (χ4n) is 1.56. The molecule has 0 saturated heterocycles. The Morgan fingerprint density at radius 2 is 1.69 bits per heavy atom. The Morgan fingerprint density at radius 3 is 2.31 bits per heavy atom. The van der Waals surface area contributed by atoms with E-state index in [2.05, 4.69) is 22.6 Å². The summed E-state index contributed by atoms with van der Waals surface area (Å²) in [5.41, 5.74) is 8.07. The quantitative estimate of drug-likeness (QED) is 0.840. The Morgan fingerprint density at radius 1 is 1.00 bits per heavy atom. The molecule has 0 bridgehead atoms. The van der Waals surface area contributed by atoms with Crippen molar-refractivity contribution in [2.75, 3.05) is 0 Å². The molecular formula is C13H11FIN. The molecule has 0 spiro atoms. The number of rotatable bonds is 2. The van der Waals surface area contributed by atoms with E-state index >= 15 is 0 Å². The molecule has 2 N–H and O–H groups in total. The van der Waals surface area contributed by atoms with Gasteiger partial charge in [0.05, 0.1) is 6.04 Å². The van der Waals surface area contributed by atoms with Crippen molar-refractivity contribution in [1.82, 2.24) is 0 Å². The van der Waals surface area contributed by atoms with E-state index in [1.807, 2.05) is 24.3 Å². The number of hydrogen-bond donors (Lipinski definition) is 1. The van der Waals surface area contributed by atoms with Crippen molar-refractivity contribution >= 4 is 22.6 Å². The molecular weight excluding hydrogens is 316 g/mol. The summed E-state index contributed by atoms with van der Waals surface area (Å²) in [6.07, 6.45) is 0. The first-order valence-electron chi connectivity index (χ1n) is 4.93. The van der Waals surface area contributed by atoms with Crippen molar-refractivity contribution in [2.45, 2.75) is 6.04 Å². The van der Waals surface area contributed by atoms with Crippen molar-refractivity contribution in [2.24, 2.45) is 5.73 Å². The van der Waals surface area contributed by atoms with Crippen LogP contribution in [-0.4, -0.2) is 0 Å². The van der Waals surface area contributed by atoms with Crippen LogP contribution >= 0.6 is 22.6 Å². The second-order valence-corrected chi connectivity index (χ2v) is 4.83. The third kappa shape index (κ3) is 2.59. The lowest BCUT2D eigenvalue weighted by Gasteiger charge is -2.12. The van der Waals surface area contributed by atoms with Crippen molar-refractivity contribution in [1.29, 1.82) is 0 Å². The van der Waals surface area contributed by atoms with Crippen LogP contribution in [0.5, 0.6) is 0 Å². The minimum Gasteiger partial charge on any atom is -0.320 e. The molecule has 1 unspecified atom stereocenters. The third-order valence-corrected chi connectivity index (χ3v) is 3.11. The van der Waals surface area contributed by atoms with Gasteiger partial charge in [-0.1, -0.05) is 24.3 Å². The normalized spacial score (nSPS) is 12.4. The molecule has 82 valence electrons. The number of nitrogens with two attached hydrogens (primary N) is 1. The molecule has 2 aromatic carbocycles. The summed E-state index contributed by atoms with van der Waals surface area (Å²) in [5, 5.41) is 0. The summed E-state index contributed by atoms with van der Waals surface area (Å²) in [5.74, 6) is -0.237. The molecule has 2 rings (SSSR count). The second-order valence-electron chi connectivity index (χ2n) is 3.58. The minimum atomic E-state index is -0.237. The van der Waals surface area contributed by atoms with Crippen LogP contribution < -0.4 is 5.73 Å². The molecule has 0 aliphatic rings. The average molecular weight is 327 g/mol. The topological polar surface area (TPSA) is 26.0 Å². The molecule has 0 aromatic heterocycles. The second kappa shape index (κ2) is 4.93. The molecule has 16 heavy (non-hydrogen) atoms. The summed E-state index contributed by atoms with van der Waals surface area (Å²) in [6, 6.07) is 14.1. The van der Waals surface area contributed by atoms with E-state index in [1.54, 1.807) is 12.1 Å². The van der Waals surface area contributed by atoms with E-state index in [4.69, 9.17) is 5.73 Å². The molecule has 0 saturated carbocycles. The van der Waals surface area contributed by atoms with Crippen molar-refractivity contribution in [3.05, 3.63) is 69.0 Å². The molecule has 0 amide bonds. The number of benzene rings is 2. The van der Waals surface area contributed by atoms with Crippen LogP contribution in [-0.2, 0) is 0 Å². The lowest BCUT2D eigenvalue weighted by atomic mass is 10.00. The van der Waals surface area contributed by atoms with E-state index in [-0.39, 0.29) is 11.9 Å². The Hall–Kier alpha value is -0.940. The number of halogens is 2. The average Bonchev–Trinajstić information content (AvgIpc) is 2.29. The van der Waals surface area contributed by atoms with Crippen LogP contribution in [0.1, 0.15) is 17.2 Å². The van der Waals surface area contributed by atoms with Gasteiger partial charge in [0.1, 0.15) is 5.82 Å². The van der Waals surface area contributed by atoms with Crippen molar-refractivity contribution < 1.29 is 4.39 Å². The van der Waals surface area contributed by atoms with Gasteiger partial charge in [-0.05, 0) is 58.0 Å². The summed E-state index contributed by atoms with van der Waals surface area (Å²) in [6.45, 7) is 0. The smallest absolute Gasteiger partial charge is 0.123 e. The molecule has 0 heterocycles. The molecule has 0 aliphatic carbocycles. The highest BCUT2D eigenvalue weighted by Gasteiger charge is 2.08. The zero-order valence-corrected chi connectivity index (χ0v) is 10.7. The van der Waals surface area contributed by atoms with Gasteiger partial charge in [0.15, 0.2) is 0 Å². The fourth-order valence-corrected chi connectivity index (χ4v) is 2.13. The van der Waals surface area contributed by atoms with Crippen LogP contribution in [0.4, 0.5) is 4.39 Å². The first-order valence-corrected chi connectivity index (χ1v) is 6.01. The van der Waals surface area contributed by atoms with E-state index in [0.29, 0.717) is 0 Å². The predicted octanol–water partition coefficient (Wildman–Crippen LogP) is 3.48. The van der Waals surface area contributed by atoms with Gasteiger partial charge in [0.2, 0.25) is 0 Å². The van der Waals surface area contributed by atoms with Gasteiger partial charge in [-0.15, -0.1) is 0 Å². The molecule has 0 fully saturated rings. The lowest BCUT2D eigenvalue weighted by Crippen LogP contribution is -2.11. The summed E-state index contributed by atoms with van der Waals surface area (Å²) < 4.78 is 13.9. The maximum Gasteiger partial charge on any atom is 0.123 e. The summed E-state index contributed by atoms with van der Waals surface area (Å²) in [4.78, 5) is 0. The van der Waals surface area contributed by atoms with Crippen LogP contribution in [0, 0.1) is 9.39 Å². The van der Waals surface area contributed by atoms with E-state index in [0.717, 1.165) is 14.7 Å². The number of hydrogen-bond acceptors (Lipinski definition) is 1. The van der Waals surface area contributed by atoms with Gasteiger partial charge in [0, 0.05) is 3.57 Å². The monoisotopic (exact) mass is 327 g/mol. The summed E-state index contributed by atoms with van der Waals surface area (Å²) >= 11 is 2.25. The molecule has 1 nitrogen and oxygen atoms in total. The SMILES string of the molecule is NC(c1ccc(F)cc1)c1cccc(I)c1. The highest BCUT2D eigenvalue weighted by atomic mass is 127. The first-order chi connectivity index (χ1) is 7.66. The maximum absolute atomic E-state index is 12.8. The standard InChI is InChI=1S/C13H11FIN/c14-11-6-4-9(5-7-11)13(16)10-2-1-3-12(15)8-10/h1-8,13H,16H2. The van der Waals surface area contributed by atoms with E-state index < -0.39 is 0 Å². The largest absolute Gasteiger partial charge is 0.320 e. The Labute approximate surface area is 108 Å². The molecule has 2 aromatic rings. The van der Waals surface area contributed by atoms with Gasteiger partial charge in [-0.25, -0.2) is 4.39 Å². The fraction of sp³-hybridized carbons (Fsp3) is 0.0769. The van der Waals surface area contributed by atoms with Gasteiger partial charge in [-0.2, -0.15) is 0 Å². The maximum atomic E-state index is 12.8. The van der Waals surface area contributed by atoms with Crippen LogP contribution in [0.15, 0.2) is 48.5 Å². The van der Waals surface area contributed by atoms with Crippen LogP contribution in [0.3, 0.4) is 0 Å². The third-order valence-electron chi connectivity index (χ3n) is 2.44. The first kappa shape index (κ1) is 11.5. The van der Waals surface area contributed by atoms with Crippen LogP contribution in [0.25, 0.3) is 0 Å². The van der Waals surface area contributed by atoms with Crippen molar-refractivity contribution in [3.63, 3.8) is 0 Å². The molecule has 3 heteroatoms. The molecule has 1 atom stereocenters. The Bertz CT molecular complexity index is 482. The zero-order chi connectivity index (χ0) is 11.5. The van der Waals surface area contributed by atoms with Gasteiger partial charge in [0.25, 0.3) is 0 Å². The summed E-state index contributed by atoms with van der Waals surface area (Å²) in [7, 11) is 0. The zero-order valence-electron chi connectivity index (χ0n) is 8.53. The van der Waals surface area contributed by atoms with Gasteiger partial charge in [-0.3, -0.25) is 0 Å². The van der Waals surface area contributed by atoms with Crippen LogP contribution in [0.2, 0.25) is 0 Å². The Kier molecular flexibility index (Phi) is 3.56. The highest BCUT2D eigenvalue weighted by molar-refractivity contribution is 14.1. The van der Waals surface area contributed by atoms with Crippen molar-refractivity contribution in [3.8, 4) is 0 Å². The predicted molar refractivity (Wildman–Crippen MR) is 71.6 cm³/mol. The van der Waals surface area contributed by atoms with Gasteiger partial charge < -0.3 is 5.73 Å².